The molecule has 0 unspecified atom stereocenters. The van der Waals surface area contributed by atoms with Crippen LogP contribution in [0.25, 0.3) is 0 Å². The van der Waals surface area contributed by atoms with Crippen molar-refractivity contribution in [3.05, 3.63) is 28.3 Å². The topological polar surface area (TPSA) is 92.5 Å². The van der Waals surface area contributed by atoms with Crippen LogP contribution in [0, 0.1) is 10.1 Å². The molecule has 112 valence electrons. The minimum atomic E-state index is -3.62. The third kappa shape index (κ3) is 3.45. The van der Waals surface area contributed by atoms with Gasteiger partial charge in [-0.05, 0) is 18.6 Å². The molecular weight excluding hydrogens is 282 g/mol. The zero-order chi connectivity index (χ0) is 15.3. The van der Waals surface area contributed by atoms with E-state index in [1.54, 1.807) is 0 Å². The van der Waals surface area contributed by atoms with E-state index >= 15 is 0 Å². The van der Waals surface area contributed by atoms with Crippen molar-refractivity contribution >= 4 is 21.4 Å². The molecule has 0 amide bonds. The standard InChI is InChI=1S/C12H19N3O4S/c1-4-5-8-14(3)20(18,19)10-6-7-12(15(16)17)11(9-10)13-2/h6-7,9,13H,4-5,8H2,1-3H3. The van der Waals surface area contributed by atoms with Gasteiger partial charge < -0.3 is 5.32 Å². The summed E-state index contributed by atoms with van der Waals surface area (Å²) in [5, 5.41) is 13.5. The van der Waals surface area contributed by atoms with Gasteiger partial charge in [0.1, 0.15) is 5.69 Å². The van der Waals surface area contributed by atoms with Gasteiger partial charge >= 0.3 is 0 Å². The van der Waals surface area contributed by atoms with Crippen LogP contribution in [0.15, 0.2) is 23.1 Å². The first-order valence-electron chi connectivity index (χ1n) is 6.27. The summed E-state index contributed by atoms with van der Waals surface area (Å²) in [6.07, 6.45) is 1.66. The van der Waals surface area contributed by atoms with Gasteiger partial charge in [0.25, 0.3) is 5.69 Å². The number of unbranched alkanes of at least 4 members (excludes halogenated alkanes) is 1. The largest absolute Gasteiger partial charge is 0.383 e. The van der Waals surface area contributed by atoms with Crippen LogP contribution in [-0.4, -0.2) is 38.3 Å². The van der Waals surface area contributed by atoms with E-state index in [-0.39, 0.29) is 16.3 Å². The normalized spacial score (nSPS) is 11.6. The van der Waals surface area contributed by atoms with E-state index < -0.39 is 14.9 Å². The van der Waals surface area contributed by atoms with Crippen LogP contribution in [0.2, 0.25) is 0 Å². The highest BCUT2D eigenvalue weighted by molar-refractivity contribution is 7.89. The van der Waals surface area contributed by atoms with Crippen molar-refractivity contribution in [1.29, 1.82) is 0 Å². The maximum absolute atomic E-state index is 12.3. The molecule has 0 radical (unpaired) electrons. The summed E-state index contributed by atoms with van der Waals surface area (Å²) >= 11 is 0. The quantitative estimate of drug-likeness (QED) is 0.614. The van der Waals surface area contributed by atoms with Crippen molar-refractivity contribution in [2.75, 3.05) is 26.0 Å². The molecule has 1 aromatic rings. The summed E-state index contributed by atoms with van der Waals surface area (Å²) in [7, 11) is -0.597. The van der Waals surface area contributed by atoms with Crippen LogP contribution < -0.4 is 5.32 Å². The van der Waals surface area contributed by atoms with Gasteiger partial charge in [0, 0.05) is 26.7 Å². The predicted octanol–water partition coefficient (Wildman–Crippen LogP) is 2.06. The Morgan fingerprint density at radius 3 is 2.55 bits per heavy atom. The highest BCUT2D eigenvalue weighted by Gasteiger charge is 2.23. The van der Waals surface area contributed by atoms with Gasteiger partial charge in [-0.1, -0.05) is 13.3 Å². The molecule has 0 bridgehead atoms. The lowest BCUT2D eigenvalue weighted by Crippen LogP contribution is -2.28. The van der Waals surface area contributed by atoms with Gasteiger partial charge in [0.15, 0.2) is 0 Å². The number of nitro groups is 1. The van der Waals surface area contributed by atoms with E-state index in [2.05, 4.69) is 5.32 Å². The van der Waals surface area contributed by atoms with Crippen LogP contribution in [0.5, 0.6) is 0 Å². The predicted molar refractivity (Wildman–Crippen MR) is 77.4 cm³/mol. The van der Waals surface area contributed by atoms with E-state index in [1.165, 1.54) is 36.6 Å². The van der Waals surface area contributed by atoms with Crippen LogP contribution in [0.4, 0.5) is 11.4 Å². The van der Waals surface area contributed by atoms with Crippen molar-refractivity contribution in [2.24, 2.45) is 0 Å². The van der Waals surface area contributed by atoms with Crippen LogP contribution in [0.1, 0.15) is 19.8 Å². The Morgan fingerprint density at radius 2 is 2.05 bits per heavy atom. The van der Waals surface area contributed by atoms with Crippen molar-refractivity contribution in [2.45, 2.75) is 24.7 Å². The van der Waals surface area contributed by atoms with E-state index in [0.29, 0.717) is 6.54 Å². The van der Waals surface area contributed by atoms with Crippen molar-refractivity contribution in [3.63, 3.8) is 0 Å². The van der Waals surface area contributed by atoms with Crippen LogP contribution in [0.3, 0.4) is 0 Å². The lowest BCUT2D eigenvalue weighted by molar-refractivity contribution is -0.384. The fourth-order valence-electron chi connectivity index (χ4n) is 1.72. The molecule has 0 aliphatic carbocycles. The Bertz CT molecular complexity index is 586. The second kappa shape index (κ2) is 6.67. The number of nitro benzene ring substituents is 1. The van der Waals surface area contributed by atoms with E-state index in [4.69, 9.17) is 0 Å². The summed E-state index contributed by atoms with van der Waals surface area (Å²) in [6, 6.07) is 3.75. The average Bonchev–Trinajstić information content (AvgIpc) is 2.43. The average molecular weight is 301 g/mol. The maximum atomic E-state index is 12.3. The zero-order valence-corrected chi connectivity index (χ0v) is 12.6. The SMILES string of the molecule is CCCCN(C)S(=O)(=O)c1ccc([N+](=O)[O-])c(NC)c1. The molecular formula is C12H19N3O4S. The summed E-state index contributed by atoms with van der Waals surface area (Å²) in [4.78, 5) is 10.3. The third-order valence-corrected chi connectivity index (χ3v) is 4.82. The lowest BCUT2D eigenvalue weighted by atomic mass is 10.3. The Hall–Kier alpha value is -1.67. The maximum Gasteiger partial charge on any atom is 0.292 e. The number of nitrogens with one attached hydrogen (secondary N) is 1. The molecule has 20 heavy (non-hydrogen) atoms. The van der Waals surface area contributed by atoms with Crippen molar-refractivity contribution < 1.29 is 13.3 Å². The molecule has 0 aromatic heterocycles. The van der Waals surface area contributed by atoms with Crippen LogP contribution >= 0.6 is 0 Å². The molecule has 0 saturated carbocycles. The van der Waals surface area contributed by atoms with Gasteiger partial charge in [-0.3, -0.25) is 10.1 Å². The molecule has 7 nitrogen and oxygen atoms in total. The fourth-order valence-corrected chi connectivity index (χ4v) is 2.95. The molecule has 0 heterocycles. The molecule has 0 fully saturated rings. The van der Waals surface area contributed by atoms with Crippen molar-refractivity contribution in [1.82, 2.24) is 4.31 Å². The smallest absolute Gasteiger partial charge is 0.292 e. The number of sulfonamides is 1. The number of hydrogen-bond donors (Lipinski definition) is 1. The minimum absolute atomic E-state index is 0.0473. The van der Waals surface area contributed by atoms with Gasteiger partial charge in [-0.2, -0.15) is 0 Å². The number of nitrogens with zero attached hydrogens (tertiary/aromatic N) is 2. The summed E-state index contributed by atoms with van der Waals surface area (Å²) in [5.41, 5.74) is 0.0302. The molecule has 0 spiro atoms. The highest BCUT2D eigenvalue weighted by atomic mass is 32.2. The number of rotatable bonds is 7. The Kier molecular flexibility index (Phi) is 5.46. The van der Waals surface area contributed by atoms with E-state index in [1.807, 2.05) is 6.92 Å². The van der Waals surface area contributed by atoms with Gasteiger partial charge in [-0.15, -0.1) is 0 Å². The van der Waals surface area contributed by atoms with E-state index in [0.717, 1.165) is 12.8 Å². The van der Waals surface area contributed by atoms with E-state index in [9.17, 15) is 18.5 Å². The zero-order valence-electron chi connectivity index (χ0n) is 11.8. The molecule has 0 aliphatic rings. The monoisotopic (exact) mass is 301 g/mol. The minimum Gasteiger partial charge on any atom is -0.383 e. The van der Waals surface area contributed by atoms with Gasteiger partial charge in [0.05, 0.1) is 9.82 Å². The van der Waals surface area contributed by atoms with Crippen LogP contribution in [-0.2, 0) is 10.0 Å². The first kappa shape index (κ1) is 16.4. The highest BCUT2D eigenvalue weighted by Crippen LogP contribution is 2.28. The molecule has 0 aliphatic heterocycles. The summed E-state index contributed by atoms with van der Waals surface area (Å²) < 4.78 is 25.9. The Balaban J connectivity index is 3.16. The lowest BCUT2D eigenvalue weighted by Gasteiger charge is -2.17. The molecule has 1 N–H and O–H groups in total. The van der Waals surface area contributed by atoms with Gasteiger partial charge in [0.2, 0.25) is 10.0 Å². The summed E-state index contributed by atoms with van der Waals surface area (Å²) in [6.45, 7) is 2.40. The molecule has 0 atom stereocenters. The fraction of sp³-hybridized carbons (Fsp3) is 0.500. The number of hydrogen-bond acceptors (Lipinski definition) is 5. The molecule has 8 heteroatoms. The number of benzene rings is 1. The molecule has 1 aromatic carbocycles. The first-order valence-corrected chi connectivity index (χ1v) is 7.71. The molecule has 1 rings (SSSR count). The van der Waals surface area contributed by atoms with Gasteiger partial charge in [-0.25, -0.2) is 12.7 Å². The Labute approximate surface area is 118 Å². The number of anilines is 1. The second-order valence-electron chi connectivity index (χ2n) is 4.37. The first-order chi connectivity index (χ1) is 9.34. The van der Waals surface area contributed by atoms with Crippen molar-refractivity contribution in [3.8, 4) is 0 Å². The second-order valence-corrected chi connectivity index (χ2v) is 6.41. The third-order valence-electron chi connectivity index (χ3n) is 2.97. The molecule has 0 saturated heterocycles. The Morgan fingerprint density at radius 1 is 1.40 bits per heavy atom. The summed E-state index contributed by atoms with van der Waals surface area (Å²) in [5.74, 6) is 0.